The van der Waals surface area contributed by atoms with E-state index in [9.17, 15) is 9.59 Å². The van der Waals surface area contributed by atoms with Crippen molar-refractivity contribution in [2.45, 2.75) is 51.5 Å². The number of ether oxygens (including phenoxy) is 4. The van der Waals surface area contributed by atoms with Crippen LogP contribution in [0, 0.1) is 23.2 Å². The molecule has 1 atom stereocenters. The fourth-order valence-corrected chi connectivity index (χ4v) is 6.56. The van der Waals surface area contributed by atoms with Crippen LogP contribution in [0.1, 0.15) is 55.8 Å². The molecule has 0 radical (unpaired) electrons. The summed E-state index contributed by atoms with van der Waals surface area (Å²) in [4.78, 5) is 25.1. The van der Waals surface area contributed by atoms with Crippen LogP contribution in [0.4, 0.5) is 0 Å². The summed E-state index contributed by atoms with van der Waals surface area (Å²) in [7, 11) is 4.45. The summed E-state index contributed by atoms with van der Waals surface area (Å²) in [6.07, 6.45) is 7.74. The first-order valence-corrected chi connectivity index (χ1v) is 11.1. The van der Waals surface area contributed by atoms with Crippen molar-refractivity contribution < 1.29 is 28.5 Å². The number of benzene rings is 1. The highest BCUT2D eigenvalue weighted by molar-refractivity contribution is 5.92. The van der Waals surface area contributed by atoms with Gasteiger partial charge in [0.2, 0.25) is 5.75 Å². The summed E-state index contributed by atoms with van der Waals surface area (Å²) >= 11 is 0. The fourth-order valence-electron chi connectivity index (χ4n) is 6.56. The van der Waals surface area contributed by atoms with Gasteiger partial charge >= 0.3 is 5.97 Å². The Balaban J connectivity index is 1.35. The number of hydrogen-bond donors (Lipinski definition) is 1. The van der Waals surface area contributed by atoms with E-state index in [0.29, 0.717) is 17.2 Å². The van der Waals surface area contributed by atoms with Gasteiger partial charge < -0.3 is 24.3 Å². The zero-order chi connectivity index (χ0) is 22.2. The molecule has 4 aliphatic carbocycles. The SMILES string of the molecule is COc1cc(C(=O)OCC(=O)N[C@@H](C)C23CC4CC(CC(C4)C2)C3)cc(OC)c1OC. The zero-order valence-electron chi connectivity index (χ0n) is 18.9. The van der Waals surface area contributed by atoms with Gasteiger partial charge in [0.15, 0.2) is 18.1 Å². The van der Waals surface area contributed by atoms with Crippen LogP contribution < -0.4 is 19.5 Å². The van der Waals surface area contributed by atoms with Crippen molar-refractivity contribution >= 4 is 11.9 Å². The molecule has 1 amide bonds. The number of esters is 1. The number of carbonyl (C=O) groups is 2. The highest BCUT2D eigenvalue weighted by Gasteiger charge is 2.53. The predicted molar refractivity (Wildman–Crippen MR) is 115 cm³/mol. The molecule has 4 saturated carbocycles. The molecule has 5 rings (SSSR count). The van der Waals surface area contributed by atoms with E-state index in [0.717, 1.165) is 17.8 Å². The molecule has 0 spiro atoms. The van der Waals surface area contributed by atoms with E-state index in [1.165, 1.54) is 72.0 Å². The van der Waals surface area contributed by atoms with E-state index in [1.807, 2.05) is 0 Å². The minimum Gasteiger partial charge on any atom is -0.493 e. The van der Waals surface area contributed by atoms with E-state index in [2.05, 4.69) is 12.2 Å². The Kier molecular flexibility index (Phi) is 6.04. The van der Waals surface area contributed by atoms with Crippen molar-refractivity contribution in [1.29, 1.82) is 0 Å². The van der Waals surface area contributed by atoms with Gasteiger partial charge in [-0.1, -0.05) is 0 Å². The van der Waals surface area contributed by atoms with Crippen LogP contribution in [0.25, 0.3) is 0 Å². The Morgan fingerprint density at radius 3 is 1.94 bits per heavy atom. The monoisotopic (exact) mass is 431 g/mol. The summed E-state index contributed by atoms with van der Waals surface area (Å²) in [5.41, 5.74) is 0.446. The highest BCUT2D eigenvalue weighted by Crippen LogP contribution is 2.61. The summed E-state index contributed by atoms with van der Waals surface area (Å²) in [6, 6.07) is 3.12. The minimum atomic E-state index is -0.614. The summed E-state index contributed by atoms with van der Waals surface area (Å²) in [5, 5.41) is 3.12. The van der Waals surface area contributed by atoms with Gasteiger partial charge in [-0.3, -0.25) is 4.79 Å². The molecule has 1 aromatic rings. The van der Waals surface area contributed by atoms with Gasteiger partial charge in [-0.25, -0.2) is 4.79 Å². The molecule has 0 heterocycles. The average Bonchev–Trinajstić information content (AvgIpc) is 2.75. The van der Waals surface area contributed by atoms with Crippen LogP contribution in [-0.2, 0) is 9.53 Å². The quantitative estimate of drug-likeness (QED) is 0.634. The second-order valence-electron chi connectivity index (χ2n) is 9.56. The molecule has 4 bridgehead atoms. The van der Waals surface area contributed by atoms with Gasteiger partial charge in [0, 0.05) is 6.04 Å². The molecule has 0 aliphatic heterocycles. The molecule has 7 heteroatoms. The van der Waals surface area contributed by atoms with Gasteiger partial charge in [0.25, 0.3) is 5.91 Å². The van der Waals surface area contributed by atoms with Crippen molar-refractivity contribution in [2.75, 3.05) is 27.9 Å². The standard InChI is InChI=1S/C24H33NO6/c1-14(24-10-15-5-16(11-24)7-17(6-15)12-24)25-21(26)13-31-23(27)18-8-19(28-2)22(30-4)20(9-18)29-3/h8-9,14-17H,5-7,10-13H2,1-4H3,(H,25,26)/t14-,15?,16?,17?,24?/m0/s1. The highest BCUT2D eigenvalue weighted by atomic mass is 16.5. The first-order chi connectivity index (χ1) is 14.9. The number of carbonyl (C=O) groups excluding carboxylic acids is 2. The van der Waals surface area contributed by atoms with Crippen molar-refractivity contribution in [2.24, 2.45) is 23.2 Å². The third-order valence-electron chi connectivity index (χ3n) is 7.62. The molecule has 170 valence electrons. The molecule has 0 saturated heterocycles. The summed E-state index contributed by atoms with van der Waals surface area (Å²) in [6.45, 7) is 1.80. The molecule has 7 nitrogen and oxygen atoms in total. The van der Waals surface area contributed by atoms with Gasteiger partial charge in [-0.15, -0.1) is 0 Å². The first-order valence-electron chi connectivity index (χ1n) is 11.1. The molecule has 4 fully saturated rings. The lowest BCUT2D eigenvalue weighted by atomic mass is 9.48. The number of nitrogens with one attached hydrogen (secondary N) is 1. The van der Waals surface area contributed by atoms with Crippen LogP contribution in [-0.4, -0.2) is 45.9 Å². The third-order valence-corrected chi connectivity index (χ3v) is 7.62. The Labute approximate surface area is 183 Å². The molecule has 4 aliphatic rings. The molecule has 0 unspecified atom stereocenters. The average molecular weight is 432 g/mol. The Bertz CT molecular complexity index is 790. The molecular formula is C24H33NO6. The maximum atomic E-state index is 12.6. The third kappa shape index (κ3) is 4.19. The van der Waals surface area contributed by atoms with E-state index >= 15 is 0 Å². The topological polar surface area (TPSA) is 83.1 Å². The van der Waals surface area contributed by atoms with Crippen LogP contribution in [0.3, 0.4) is 0 Å². The maximum absolute atomic E-state index is 12.6. The Hall–Kier alpha value is -2.44. The molecule has 1 N–H and O–H groups in total. The minimum absolute atomic E-state index is 0.0910. The van der Waals surface area contributed by atoms with Crippen molar-refractivity contribution in [1.82, 2.24) is 5.32 Å². The second-order valence-corrected chi connectivity index (χ2v) is 9.56. The van der Waals surface area contributed by atoms with Gasteiger partial charge in [-0.2, -0.15) is 0 Å². The first kappa shape index (κ1) is 21.8. The summed E-state index contributed by atoms with van der Waals surface area (Å²) < 4.78 is 21.1. The number of hydrogen-bond acceptors (Lipinski definition) is 6. The van der Waals surface area contributed by atoms with Crippen LogP contribution in [0.15, 0.2) is 12.1 Å². The molecule has 31 heavy (non-hydrogen) atoms. The van der Waals surface area contributed by atoms with Crippen LogP contribution >= 0.6 is 0 Å². The van der Waals surface area contributed by atoms with Gasteiger partial charge in [0.05, 0.1) is 26.9 Å². The fraction of sp³-hybridized carbons (Fsp3) is 0.667. The second kappa shape index (κ2) is 8.60. The van der Waals surface area contributed by atoms with E-state index in [4.69, 9.17) is 18.9 Å². The van der Waals surface area contributed by atoms with Crippen molar-refractivity contribution in [3.05, 3.63) is 17.7 Å². The lowest BCUT2D eigenvalue weighted by Crippen LogP contribution is -2.56. The number of rotatable bonds is 8. The van der Waals surface area contributed by atoms with Gasteiger partial charge in [0.1, 0.15) is 0 Å². The zero-order valence-corrected chi connectivity index (χ0v) is 18.9. The van der Waals surface area contributed by atoms with Crippen LogP contribution in [0.5, 0.6) is 17.2 Å². The summed E-state index contributed by atoms with van der Waals surface area (Å²) in [5.74, 6) is 2.70. The number of amides is 1. The van der Waals surface area contributed by atoms with Crippen molar-refractivity contribution in [3.8, 4) is 17.2 Å². The molecule has 1 aromatic carbocycles. The van der Waals surface area contributed by atoms with Crippen LogP contribution in [0.2, 0.25) is 0 Å². The predicted octanol–water partition coefficient (Wildman–Crippen LogP) is 3.59. The lowest BCUT2D eigenvalue weighted by Gasteiger charge is -2.59. The normalized spacial score (nSPS) is 29.2. The molecular weight excluding hydrogens is 398 g/mol. The van der Waals surface area contributed by atoms with E-state index in [-0.39, 0.29) is 29.5 Å². The largest absolute Gasteiger partial charge is 0.493 e. The lowest BCUT2D eigenvalue weighted by molar-refractivity contribution is -0.128. The Morgan fingerprint density at radius 2 is 1.48 bits per heavy atom. The maximum Gasteiger partial charge on any atom is 0.338 e. The van der Waals surface area contributed by atoms with Gasteiger partial charge in [-0.05, 0) is 80.8 Å². The van der Waals surface area contributed by atoms with E-state index < -0.39 is 5.97 Å². The van der Waals surface area contributed by atoms with Crippen molar-refractivity contribution in [3.63, 3.8) is 0 Å². The molecule has 0 aromatic heterocycles. The van der Waals surface area contributed by atoms with E-state index in [1.54, 1.807) is 0 Å². The smallest absolute Gasteiger partial charge is 0.338 e. The Morgan fingerprint density at radius 1 is 0.968 bits per heavy atom. The number of methoxy groups -OCH3 is 3.